The van der Waals surface area contributed by atoms with Gasteiger partial charge in [-0.25, -0.2) is 0 Å². The van der Waals surface area contributed by atoms with Crippen LogP contribution in [0.15, 0.2) is 122 Å². The molecular formula is C41H56N2O. The summed E-state index contributed by atoms with van der Waals surface area (Å²) in [5.41, 5.74) is 6.93. The van der Waals surface area contributed by atoms with Crippen molar-refractivity contribution in [3.05, 3.63) is 133 Å². The molecule has 2 aromatic carbocycles. The Morgan fingerprint density at radius 1 is 0.932 bits per heavy atom. The van der Waals surface area contributed by atoms with E-state index >= 15 is 0 Å². The van der Waals surface area contributed by atoms with Crippen LogP contribution in [0.4, 0.5) is 0 Å². The van der Waals surface area contributed by atoms with Crippen molar-refractivity contribution in [2.24, 2.45) is 29.6 Å². The topological polar surface area (TPSA) is 33.3 Å². The maximum Gasteiger partial charge on any atom is 0.118 e. The average Bonchev–Trinajstić information content (AvgIpc) is 3.01. The molecule has 0 spiro atoms. The van der Waals surface area contributed by atoms with Gasteiger partial charge in [-0.05, 0) is 91.0 Å². The third-order valence-electron chi connectivity index (χ3n) is 8.97. The highest BCUT2D eigenvalue weighted by Gasteiger charge is 2.24. The van der Waals surface area contributed by atoms with Crippen molar-refractivity contribution in [3.63, 3.8) is 0 Å². The molecule has 5 atom stereocenters. The molecule has 44 heavy (non-hydrogen) atoms. The monoisotopic (exact) mass is 592 g/mol. The zero-order valence-electron chi connectivity index (χ0n) is 27.9. The van der Waals surface area contributed by atoms with Crippen molar-refractivity contribution in [2.45, 2.75) is 65.8 Å². The van der Waals surface area contributed by atoms with Gasteiger partial charge in [0.2, 0.25) is 0 Å². The normalized spacial score (nSPS) is 24.1. The van der Waals surface area contributed by atoms with Crippen LogP contribution in [0.3, 0.4) is 0 Å². The molecule has 2 aromatic rings. The molecule has 2 N–H and O–H groups in total. The number of rotatable bonds is 8. The lowest BCUT2D eigenvalue weighted by atomic mass is 9.77. The summed E-state index contributed by atoms with van der Waals surface area (Å²) in [6, 6.07) is 18.8. The number of ether oxygens (including phenoxy) is 1. The van der Waals surface area contributed by atoms with Gasteiger partial charge in [0.1, 0.15) is 5.75 Å². The Kier molecular flexibility index (Phi) is 13.9. The maximum absolute atomic E-state index is 5.36. The van der Waals surface area contributed by atoms with Crippen LogP contribution in [0.5, 0.6) is 5.75 Å². The molecule has 1 heterocycles. The molecule has 3 heteroatoms. The average molecular weight is 593 g/mol. The summed E-state index contributed by atoms with van der Waals surface area (Å²) in [5, 5.41) is 7.29. The van der Waals surface area contributed by atoms with Crippen LogP contribution in [-0.2, 0) is 6.42 Å². The van der Waals surface area contributed by atoms with Gasteiger partial charge < -0.3 is 15.4 Å². The van der Waals surface area contributed by atoms with Crippen molar-refractivity contribution >= 4 is 6.08 Å². The maximum atomic E-state index is 5.36. The highest BCUT2D eigenvalue weighted by molar-refractivity contribution is 5.49. The van der Waals surface area contributed by atoms with E-state index in [1.165, 1.54) is 22.3 Å². The standard InChI is InChI=1S/C41H56N2O/c1-29(2)24-39-25-31(4)33(6)28-42-35(8)41(27-37-20-22-40(44-9)23-21-37)43-34(7)14-13-17-38(26-32(39)5)30(3)18-19-36-15-11-10-12-16-36/h10-16,18-23,29-30,33,38-39,41-43H,4-5,7-8,17,24-28H2,1-3,6,9H3/b14-13+,19-18+/t30?,33?,38-,39?,41-/m1/s1. The molecule has 0 aromatic heterocycles. The molecule has 3 nitrogen and oxygen atoms in total. The first-order valence-electron chi connectivity index (χ1n) is 16.3. The van der Waals surface area contributed by atoms with E-state index in [-0.39, 0.29) is 6.04 Å². The summed E-state index contributed by atoms with van der Waals surface area (Å²) < 4.78 is 5.36. The van der Waals surface area contributed by atoms with Crippen LogP contribution in [0, 0.1) is 29.6 Å². The van der Waals surface area contributed by atoms with Gasteiger partial charge >= 0.3 is 0 Å². The van der Waals surface area contributed by atoms with E-state index in [1.54, 1.807) is 7.11 Å². The third-order valence-corrected chi connectivity index (χ3v) is 8.97. The number of methoxy groups -OCH3 is 1. The van der Waals surface area contributed by atoms with Crippen molar-refractivity contribution in [2.75, 3.05) is 13.7 Å². The zero-order valence-corrected chi connectivity index (χ0v) is 27.9. The molecule has 0 bridgehead atoms. The minimum absolute atomic E-state index is 0.00842. The van der Waals surface area contributed by atoms with Crippen LogP contribution in [-0.4, -0.2) is 19.7 Å². The van der Waals surface area contributed by atoms with Gasteiger partial charge in [0.05, 0.1) is 13.2 Å². The highest BCUT2D eigenvalue weighted by atomic mass is 16.5. The molecule has 1 aliphatic rings. The largest absolute Gasteiger partial charge is 0.497 e. The van der Waals surface area contributed by atoms with E-state index in [0.717, 1.165) is 55.8 Å². The van der Waals surface area contributed by atoms with Crippen LogP contribution < -0.4 is 15.4 Å². The molecule has 0 radical (unpaired) electrons. The van der Waals surface area contributed by atoms with Crippen LogP contribution in [0.1, 0.15) is 64.5 Å². The Morgan fingerprint density at radius 3 is 2.30 bits per heavy atom. The van der Waals surface area contributed by atoms with Gasteiger partial charge in [0, 0.05) is 17.9 Å². The first-order chi connectivity index (χ1) is 21.0. The fraction of sp³-hybridized carbons (Fsp3) is 0.415. The molecule has 3 rings (SSSR count). The molecular weight excluding hydrogens is 536 g/mol. The number of allylic oxidation sites excluding steroid dienone is 4. The molecule has 0 saturated heterocycles. The fourth-order valence-corrected chi connectivity index (χ4v) is 5.92. The minimum atomic E-state index is -0.00842. The highest BCUT2D eigenvalue weighted by Crippen LogP contribution is 2.35. The van der Waals surface area contributed by atoms with Gasteiger partial charge in [-0.2, -0.15) is 0 Å². The van der Waals surface area contributed by atoms with E-state index in [2.05, 4.69) is 125 Å². The van der Waals surface area contributed by atoms with Crippen molar-refractivity contribution in [3.8, 4) is 5.75 Å². The summed E-state index contributed by atoms with van der Waals surface area (Å²) in [6.45, 7) is 28.1. The quantitative estimate of drug-likeness (QED) is 0.299. The van der Waals surface area contributed by atoms with Gasteiger partial charge in [-0.15, -0.1) is 0 Å². The smallest absolute Gasteiger partial charge is 0.118 e. The number of benzene rings is 2. The van der Waals surface area contributed by atoms with E-state index in [0.29, 0.717) is 29.6 Å². The molecule has 236 valence electrons. The number of hydrogen-bond donors (Lipinski definition) is 2. The Morgan fingerprint density at radius 2 is 1.64 bits per heavy atom. The SMILES string of the molecule is C=C1/C=C/C[C@@H](C(C)/C=C/c2ccccc2)CC(=C)C(CC(C)C)CC(=C)C(C)CNC(=C)[C@@H](Cc2ccc(OC)cc2)N1. The van der Waals surface area contributed by atoms with E-state index < -0.39 is 0 Å². The molecule has 3 unspecified atom stereocenters. The molecule has 1 aliphatic heterocycles. The first kappa shape index (κ1) is 34.8. The summed E-state index contributed by atoms with van der Waals surface area (Å²) in [4.78, 5) is 0. The van der Waals surface area contributed by atoms with Gasteiger partial charge in [0.25, 0.3) is 0 Å². The predicted octanol–water partition coefficient (Wildman–Crippen LogP) is 9.93. The van der Waals surface area contributed by atoms with Crippen LogP contribution in [0.25, 0.3) is 6.08 Å². The van der Waals surface area contributed by atoms with Crippen LogP contribution >= 0.6 is 0 Å². The second-order valence-corrected chi connectivity index (χ2v) is 13.2. The van der Waals surface area contributed by atoms with E-state index in [9.17, 15) is 0 Å². The molecule has 0 amide bonds. The fourth-order valence-electron chi connectivity index (χ4n) is 5.92. The Bertz CT molecular complexity index is 1280. The van der Waals surface area contributed by atoms with Crippen molar-refractivity contribution in [1.29, 1.82) is 0 Å². The minimum Gasteiger partial charge on any atom is -0.497 e. The van der Waals surface area contributed by atoms with E-state index in [4.69, 9.17) is 11.3 Å². The molecule has 0 saturated carbocycles. The summed E-state index contributed by atoms with van der Waals surface area (Å²) in [5.74, 6) is 3.03. The summed E-state index contributed by atoms with van der Waals surface area (Å²) in [7, 11) is 1.70. The second-order valence-electron chi connectivity index (χ2n) is 13.2. The number of nitrogens with one attached hydrogen (secondary N) is 2. The first-order valence-corrected chi connectivity index (χ1v) is 16.3. The lowest BCUT2D eigenvalue weighted by Crippen LogP contribution is -2.38. The third kappa shape index (κ3) is 11.4. The molecule has 0 fully saturated rings. The predicted molar refractivity (Wildman–Crippen MR) is 191 cm³/mol. The Hall–Kier alpha value is -3.72. The number of hydrogen-bond acceptors (Lipinski definition) is 3. The Balaban J connectivity index is 1.88. The van der Waals surface area contributed by atoms with Gasteiger partial charge in [0.15, 0.2) is 0 Å². The summed E-state index contributed by atoms with van der Waals surface area (Å²) in [6.07, 6.45) is 13.9. The zero-order chi connectivity index (χ0) is 32.1. The summed E-state index contributed by atoms with van der Waals surface area (Å²) >= 11 is 0. The van der Waals surface area contributed by atoms with Crippen molar-refractivity contribution < 1.29 is 4.74 Å². The van der Waals surface area contributed by atoms with E-state index in [1.807, 2.05) is 12.1 Å². The van der Waals surface area contributed by atoms with Gasteiger partial charge in [-0.3, -0.25) is 0 Å². The van der Waals surface area contributed by atoms with Gasteiger partial charge in [-0.1, -0.05) is 126 Å². The lowest BCUT2D eigenvalue weighted by molar-refractivity contribution is 0.374. The lowest BCUT2D eigenvalue weighted by Gasteiger charge is -2.30. The molecule has 0 aliphatic carbocycles. The van der Waals surface area contributed by atoms with Crippen LogP contribution in [0.2, 0.25) is 0 Å². The second kappa shape index (κ2) is 17.5. The van der Waals surface area contributed by atoms with Crippen molar-refractivity contribution in [1.82, 2.24) is 10.6 Å². The Labute approximate surface area is 268 Å².